The summed E-state index contributed by atoms with van der Waals surface area (Å²) in [4.78, 5) is 25.2. The molecule has 0 amide bonds. The molecular weight excluding hydrogens is 438 g/mol. The van der Waals surface area contributed by atoms with Crippen LogP contribution < -0.4 is 5.56 Å². The first-order valence-corrected chi connectivity index (χ1v) is 12.6. The third-order valence-electron chi connectivity index (χ3n) is 5.19. The number of thiazole rings is 1. The molecule has 4 aromatic rings. The van der Waals surface area contributed by atoms with Gasteiger partial charge in [0.25, 0.3) is 5.56 Å². The molecule has 0 fully saturated rings. The Kier molecular flexibility index (Phi) is 5.77. The van der Waals surface area contributed by atoms with Crippen molar-refractivity contribution >= 4 is 44.7 Å². The van der Waals surface area contributed by atoms with Crippen LogP contribution in [0.2, 0.25) is 0 Å². The van der Waals surface area contributed by atoms with E-state index in [-0.39, 0.29) is 5.56 Å². The van der Waals surface area contributed by atoms with Crippen LogP contribution in [0.25, 0.3) is 21.0 Å². The number of thioether (sulfide) groups is 1. The van der Waals surface area contributed by atoms with Crippen LogP contribution in [0.5, 0.6) is 0 Å². The zero-order valence-corrected chi connectivity index (χ0v) is 19.0. The van der Waals surface area contributed by atoms with E-state index in [4.69, 9.17) is 14.1 Å². The highest BCUT2D eigenvalue weighted by Crippen LogP contribution is 2.35. The van der Waals surface area contributed by atoms with E-state index in [1.807, 2.05) is 17.5 Å². The summed E-state index contributed by atoms with van der Waals surface area (Å²) in [5.41, 5.74) is 2.24. The van der Waals surface area contributed by atoms with Gasteiger partial charge in [0, 0.05) is 23.1 Å². The average Bonchev–Trinajstić information content (AvgIpc) is 3.50. The zero-order chi connectivity index (χ0) is 20.5. The van der Waals surface area contributed by atoms with E-state index in [1.165, 1.54) is 16.9 Å². The molecule has 156 valence electrons. The lowest BCUT2D eigenvalue weighted by atomic mass is 9.97. The van der Waals surface area contributed by atoms with Crippen molar-refractivity contribution in [1.29, 1.82) is 0 Å². The standard InChI is InChI=1S/C21H21N3O3S3/c1-26-10-8-24-20(25)17-14-5-2-3-7-16(14)30-19(17)23-21(24)29-12-13-11-28-18(22-13)15-6-4-9-27-15/h4,6,9,11H,2-3,5,7-8,10,12H2,1H3. The van der Waals surface area contributed by atoms with Crippen LogP contribution in [-0.4, -0.2) is 28.3 Å². The van der Waals surface area contributed by atoms with Gasteiger partial charge in [0.05, 0.1) is 30.5 Å². The lowest BCUT2D eigenvalue weighted by molar-refractivity contribution is 0.183. The average molecular weight is 460 g/mol. The zero-order valence-electron chi connectivity index (χ0n) is 16.6. The second-order valence-corrected chi connectivity index (χ2v) is 10.0. The molecule has 0 bridgehead atoms. The number of ether oxygens (including phenoxy) is 1. The molecule has 0 spiro atoms. The van der Waals surface area contributed by atoms with Gasteiger partial charge in [0.15, 0.2) is 15.9 Å². The minimum atomic E-state index is 0.0634. The van der Waals surface area contributed by atoms with Crippen LogP contribution in [0.4, 0.5) is 0 Å². The summed E-state index contributed by atoms with van der Waals surface area (Å²) in [6, 6.07) is 3.77. The van der Waals surface area contributed by atoms with Gasteiger partial charge in [-0.2, -0.15) is 0 Å². The molecule has 0 aliphatic heterocycles. The number of aromatic nitrogens is 3. The van der Waals surface area contributed by atoms with Crippen molar-refractivity contribution < 1.29 is 9.15 Å². The number of fused-ring (bicyclic) bond motifs is 3. The molecule has 4 heterocycles. The molecule has 1 aliphatic rings. The molecule has 4 aromatic heterocycles. The van der Waals surface area contributed by atoms with Gasteiger partial charge >= 0.3 is 0 Å². The number of thiophene rings is 1. The Labute approximate surface area is 185 Å². The van der Waals surface area contributed by atoms with Crippen molar-refractivity contribution in [3.63, 3.8) is 0 Å². The Balaban J connectivity index is 1.47. The fourth-order valence-electron chi connectivity index (χ4n) is 3.73. The summed E-state index contributed by atoms with van der Waals surface area (Å²) in [7, 11) is 1.65. The SMILES string of the molecule is COCCn1c(SCc2csc(-c3ccco3)n2)nc2sc3c(c2c1=O)CCCC3. The molecule has 5 rings (SSSR count). The van der Waals surface area contributed by atoms with Crippen LogP contribution in [-0.2, 0) is 29.9 Å². The van der Waals surface area contributed by atoms with Gasteiger partial charge in [-0.3, -0.25) is 9.36 Å². The predicted molar refractivity (Wildman–Crippen MR) is 122 cm³/mol. The highest BCUT2D eigenvalue weighted by atomic mass is 32.2. The molecule has 0 N–H and O–H groups in total. The first-order chi connectivity index (χ1) is 14.7. The van der Waals surface area contributed by atoms with Crippen molar-refractivity contribution in [3.05, 3.63) is 50.3 Å². The van der Waals surface area contributed by atoms with Gasteiger partial charge in [-0.05, 0) is 43.4 Å². The largest absolute Gasteiger partial charge is 0.462 e. The lowest BCUT2D eigenvalue weighted by Gasteiger charge is -2.13. The summed E-state index contributed by atoms with van der Waals surface area (Å²) in [5.74, 6) is 1.42. The molecule has 30 heavy (non-hydrogen) atoms. The fourth-order valence-corrected chi connectivity index (χ4v) is 6.85. The van der Waals surface area contributed by atoms with Gasteiger partial charge < -0.3 is 9.15 Å². The van der Waals surface area contributed by atoms with Crippen molar-refractivity contribution in [2.45, 2.75) is 43.1 Å². The Morgan fingerprint density at radius 2 is 2.20 bits per heavy atom. The van der Waals surface area contributed by atoms with E-state index >= 15 is 0 Å². The van der Waals surface area contributed by atoms with Crippen molar-refractivity contribution in [3.8, 4) is 10.8 Å². The Morgan fingerprint density at radius 3 is 3.03 bits per heavy atom. The molecule has 0 saturated heterocycles. The Bertz CT molecular complexity index is 1220. The number of hydrogen-bond donors (Lipinski definition) is 0. The minimum absolute atomic E-state index is 0.0634. The topological polar surface area (TPSA) is 70.2 Å². The summed E-state index contributed by atoms with van der Waals surface area (Å²) in [6.07, 6.45) is 6.04. The number of methoxy groups -OCH3 is 1. The minimum Gasteiger partial charge on any atom is -0.462 e. The first kappa shape index (κ1) is 20.0. The maximum Gasteiger partial charge on any atom is 0.263 e. The maximum absolute atomic E-state index is 13.4. The van der Waals surface area contributed by atoms with Crippen molar-refractivity contribution in [1.82, 2.24) is 14.5 Å². The second kappa shape index (κ2) is 8.66. The Hall–Kier alpha value is -1.94. The molecule has 0 atom stereocenters. The first-order valence-electron chi connectivity index (χ1n) is 9.89. The van der Waals surface area contributed by atoms with Gasteiger partial charge in [0.1, 0.15) is 4.83 Å². The fraction of sp³-hybridized carbons (Fsp3) is 0.381. The van der Waals surface area contributed by atoms with Gasteiger partial charge in [-0.1, -0.05) is 11.8 Å². The van der Waals surface area contributed by atoms with Gasteiger partial charge in [-0.15, -0.1) is 22.7 Å². The van der Waals surface area contributed by atoms with E-state index in [9.17, 15) is 4.79 Å². The van der Waals surface area contributed by atoms with E-state index in [0.29, 0.717) is 18.9 Å². The highest BCUT2D eigenvalue weighted by molar-refractivity contribution is 7.98. The molecule has 1 aliphatic carbocycles. The number of furan rings is 1. The van der Waals surface area contributed by atoms with Crippen LogP contribution >= 0.6 is 34.4 Å². The van der Waals surface area contributed by atoms with E-state index in [2.05, 4.69) is 4.98 Å². The highest BCUT2D eigenvalue weighted by Gasteiger charge is 2.22. The molecular formula is C21H21N3O3S3. The monoisotopic (exact) mass is 459 g/mol. The molecule has 0 radical (unpaired) electrons. The summed E-state index contributed by atoms with van der Waals surface area (Å²) in [6.45, 7) is 0.978. The predicted octanol–water partition coefficient (Wildman–Crippen LogP) is 4.99. The van der Waals surface area contributed by atoms with Gasteiger partial charge in [-0.25, -0.2) is 9.97 Å². The third-order valence-corrected chi connectivity index (χ3v) is 8.29. The normalized spacial score (nSPS) is 13.8. The molecule has 0 unspecified atom stereocenters. The van der Waals surface area contributed by atoms with Gasteiger partial charge in [0.2, 0.25) is 0 Å². The third kappa shape index (κ3) is 3.75. The smallest absolute Gasteiger partial charge is 0.263 e. The number of hydrogen-bond acceptors (Lipinski definition) is 8. The maximum atomic E-state index is 13.4. The quantitative estimate of drug-likeness (QED) is 0.286. The molecule has 6 nitrogen and oxygen atoms in total. The Morgan fingerprint density at radius 1 is 1.30 bits per heavy atom. The summed E-state index contributed by atoms with van der Waals surface area (Å²) in [5, 5.41) is 4.45. The number of nitrogens with zero attached hydrogens (tertiary/aromatic N) is 3. The van der Waals surface area contributed by atoms with E-state index in [0.717, 1.165) is 51.1 Å². The van der Waals surface area contributed by atoms with Crippen molar-refractivity contribution in [2.24, 2.45) is 0 Å². The summed E-state index contributed by atoms with van der Waals surface area (Å²) >= 11 is 4.80. The van der Waals surface area contributed by atoms with E-state index < -0.39 is 0 Å². The second-order valence-electron chi connectivity index (χ2n) is 7.14. The molecule has 0 aromatic carbocycles. The molecule has 0 saturated carbocycles. The number of rotatable bonds is 7. The van der Waals surface area contributed by atoms with Crippen LogP contribution in [0, 0.1) is 0 Å². The molecule has 9 heteroatoms. The van der Waals surface area contributed by atoms with Crippen LogP contribution in [0.3, 0.4) is 0 Å². The van der Waals surface area contributed by atoms with Crippen LogP contribution in [0.1, 0.15) is 29.0 Å². The van der Waals surface area contributed by atoms with E-state index in [1.54, 1.807) is 52.4 Å². The summed E-state index contributed by atoms with van der Waals surface area (Å²) < 4.78 is 12.5. The van der Waals surface area contributed by atoms with Crippen molar-refractivity contribution in [2.75, 3.05) is 13.7 Å². The van der Waals surface area contributed by atoms with Crippen LogP contribution in [0.15, 0.2) is 38.1 Å². The number of aryl methyl sites for hydroxylation is 2. The lowest BCUT2D eigenvalue weighted by Crippen LogP contribution is -2.25.